The second-order valence-corrected chi connectivity index (χ2v) is 4.82. The number of hydrogen-bond donors (Lipinski definition) is 3. The highest BCUT2D eigenvalue weighted by Gasteiger charge is 2.17. The molecular weight excluding hydrogens is 288 g/mol. The molecule has 1 aromatic carbocycles. The van der Waals surface area contributed by atoms with Gasteiger partial charge in [0.1, 0.15) is 6.04 Å². The van der Waals surface area contributed by atoms with Crippen LogP contribution in [-0.4, -0.2) is 29.4 Å². The van der Waals surface area contributed by atoms with Crippen LogP contribution in [0.4, 0.5) is 16.2 Å². The van der Waals surface area contributed by atoms with E-state index in [1.165, 1.54) is 12.1 Å². The molecule has 0 unspecified atom stereocenters. The molecule has 0 bridgehead atoms. The molecule has 0 heterocycles. The average Bonchev–Trinajstić information content (AvgIpc) is 2.46. The van der Waals surface area contributed by atoms with E-state index in [0.29, 0.717) is 17.8 Å². The number of rotatable bonds is 6. The average molecular weight is 308 g/mol. The van der Waals surface area contributed by atoms with Crippen LogP contribution in [0.5, 0.6) is 0 Å². The number of nitro groups is 1. The minimum Gasteiger partial charge on any atom is -0.354 e. The summed E-state index contributed by atoms with van der Waals surface area (Å²) in [5, 5.41) is 18.5. The predicted molar refractivity (Wildman–Crippen MR) is 82.8 cm³/mol. The molecule has 8 nitrogen and oxygen atoms in total. The first kappa shape index (κ1) is 17.4. The van der Waals surface area contributed by atoms with Crippen molar-refractivity contribution in [3.05, 3.63) is 33.9 Å². The fourth-order valence-electron chi connectivity index (χ4n) is 1.78. The van der Waals surface area contributed by atoms with Gasteiger partial charge in [0.15, 0.2) is 0 Å². The maximum absolute atomic E-state index is 11.9. The lowest BCUT2D eigenvalue weighted by Gasteiger charge is -2.15. The SMILES string of the molecule is CCCNC(=O)[C@@H](C)NC(=O)Nc1cccc([N+](=O)[O-])c1C. The van der Waals surface area contributed by atoms with Gasteiger partial charge in [-0.2, -0.15) is 0 Å². The van der Waals surface area contributed by atoms with Crippen molar-refractivity contribution in [3.8, 4) is 0 Å². The zero-order chi connectivity index (χ0) is 16.7. The Bertz CT molecular complexity index is 574. The lowest BCUT2D eigenvalue weighted by molar-refractivity contribution is -0.385. The van der Waals surface area contributed by atoms with Gasteiger partial charge < -0.3 is 16.0 Å². The third-order valence-corrected chi connectivity index (χ3v) is 3.04. The lowest BCUT2D eigenvalue weighted by atomic mass is 10.1. The van der Waals surface area contributed by atoms with Gasteiger partial charge in [-0.3, -0.25) is 14.9 Å². The van der Waals surface area contributed by atoms with Gasteiger partial charge in [-0.1, -0.05) is 13.0 Å². The van der Waals surface area contributed by atoms with E-state index in [1.54, 1.807) is 19.9 Å². The fraction of sp³-hybridized carbons (Fsp3) is 0.429. The van der Waals surface area contributed by atoms with E-state index < -0.39 is 17.0 Å². The van der Waals surface area contributed by atoms with Crippen LogP contribution in [0, 0.1) is 17.0 Å². The summed E-state index contributed by atoms with van der Waals surface area (Å²) in [5.41, 5.74) is 0.602. The molecule has 120 valence electrons. The Balaban J connectivity index is 2.68. The molecule has 3 N–H and O–H groups in total. The van der Waals surface area contributed by atoms with E-state index in [2.05, 4.69) is 16.0 Å². The molecule has 0 fully saturated rings. The summed E-state index contributed by atoms with van der Waals surface area (Å²) in [6, 6.07) is 3.11. The first-order valence-corrected chi connectivity index (χ1v) is 6.96. The number of anilines is 1. The number of carbonyl (C=O) groups is 2. The van der Waals surface area contributed by atoms with Crippen molar-refractivity contribution in [2.24, 2.45) is 0 Å². The van der Waals surface area contributed by atoms with Crippen molar-refractivity contribution in [2.75, 3.05) is 11.9 Å². The molecule has 1 atom stereocenters. The molecule has 0 aromatic heterocycles. The molecule has 1 aromatic rings. The van der Waals surface area contributed by atoms with Crippen LogP contribution in [0.25, 0.3) is 0 Å². The van der Waals surface area contributed by atoms with Crippen LogP contribution in [0.3, 0.4) is 0 Å². The quantitative estimate of drug-likeness (QED) is 0.550. The van der Waals surface area contributed by atoms with Crippen LogP contribution in [0.15, 0.2) is 18.2 Å². The van der Waals surface area contributed by atoms with Crippen LogP contribution in [-0.2, 0) is 4.79 Å². The molecule has 0 aliphatic carbocycles. The normalized spacial score (nSPS) is 11.4. The molecule has 0 saturated heterocycles. The van der Waals surface area contributed by atoms with Crippen molar-refractivity contribution in [1.29, 1.82) is 0 Å². The molecule has 22 heavy (non-hydrogen) atoms. The first-order chi connectivity index (χ1) is 10.4. The monoisotopic (exact) mass is 308 g/mol. The molecule has 0 aliphatic rings. The Morgan fingerprint density at radius 3 is 2.64 bits per heavy atom. The summed E-state index contributed by atoms with van der Waals surface area (Å²) in [6.45, 7) is 5.57. The number of nitrogens with zero attached hydrogens (tertiary/aromatic N) is 1. The van der Waals surface area contributed by atoms with Gasteiger partial charge >= 0.3 is 6.03 Å². The second kappa shape index (κ2) is 7.96. The Morgan fingerprint density at radius 2 is 2.05 bits per heavy atom. The van der Waals surface area contributed by atoms with Crippen LogP contribution in [0.2, 0.25) is 0 Å². The lowest BCUT2D eigenvalue weighted by Crippen LogP contribution is -2.46. The molecular formula is C14H20N4O4. The molecule has 8 heteroatoms. The second-order valence-electron chi connectivity index (χ2n) is 4.82. The van der Waals surface area contributed by atoms with Gasteiger partial charge in [0.25, 0.3) is 5.69 Å². The number of nitrogens with one attached hydrogen (secondary N) is 3. The van der Waals surface area contributed by atoms with E-state index in [-0.39, 0.29) is 11.6 Å². The summed E-state index contributed by atoms with van der Waals surface area (Å²) in [6.07, 6.45) is 0.803. The Kier molecular flexibility index (Phi) is 6.30. The number of benzene rings is 1. The zero-order valence-corrected chi connectivity index (χ0v) is 12.8. The van der Waals surface area contributed by atoms with E-state index in [0.717, 1.165) is 6.42 Å². The molecule has 0 saturated carbocycles. The number of carbonyl (C=O) groups excluding carboxylic acids is 2. The summed E-state index contributed by atoms with van der Waals surface area (Å²) < 4.78 is 0. The molecule has 0 spiro atoms. The minimum atomic E-state index is -0.703. The number of hydrogen-bond acceptors (Lipinski definition) is 4. The minimum absolute atomic E-state index is 0.0773. The highest BCUT2D eigenvalue weighted by atomic mass is 16.6. The van der Waals surface area contributed by atoms with E-state index in [9.17, 15) is 19.7 Å². The van der Waals surface area contributed by atoms with Crippen LogP contribution >= 0.6 is 0 Å². The molecule has 0 radical (unpaired) electrons. The van der Waals surface area contributed by atoms with Crippen LogP contribution < -0.4 is 16.0 Å². The van der Waals surface area contributed by atoms with Crippen molar-refractivity contribution in [2.45, 2.75) is 33.2 Å². The fourth-order valence-corrected chi connectivity index (χ4v) is 1.78. The third-order valence-electron chi connectivity index (χ3n) is 3.04. The maximum atomic E-state index is 11.9. The molecule has 0 aliphatic heterocycles. The standard InChI is InChI=1S/C14H20N4O4/c1-4-8-15-13(19)10(3)16-14(20)17-11-6-5-7-12(9(11)2)18(21)22/h5-7,10H,4,8H2,1-3H3,(H,15,19)(H2,16,17,20)/t10-/m1/s1. The van der Waals surface area contributed by atoms with Crippen molar-refractivity contribution >= 4 is 23.3 Å². The summed E-state index contributed by atoms with van der Waals surface area (Å²) >= 11 is 0. The number of urea groups is 1. The topological polar surface area (TPSA) is 113 Å². The Hall–Kier alpha value is -2.64. The third kappa shape index (κ3) is 4.72. The van der Waals surface area contributed by atoms with Gasteiger partial charge in [-0.25, -0.2) is 4.79 Å². The molecule has 3 amide bonds. The predicted octanol–water partition coefficient (Wildman–Crippen LogP) is 1.94. The number of amides is 3. The molecule has 1 rings (SSSR count). The zero-order valence-electron chi connectivity index (χ0n) is 12.8. The van der Waals surface area contributed by atoms with Gasteiger partial charge in [0.2, 0.25) is 5.91 Å². The van der Waals surface area contributed by atoms with E-state index >= 15 is 0 Å². The van der Waals surface area contributed by atoms with Crippen molar-refractivity contribution in [3.63, 3.8) is 0 Å². The smallest absolute Gasteiger partial charge is 0.319 e. The van der Waals surface area contributed by atoms with Gasteiger partial charge in [0.05, 0.1) is 16.2 Å². The van der Waals surface area contributed by atoms with Gasteiger partial charge in [0, 0.05) is 12.6 Å². The summed E-state index contributed by atoms with van der Waals surface area (Å²) in [4.78, 5) is 33.9. The van der Waals surface area contributed by atoms with Gasteiger partial charge in [-0.05, 0) is 26.3 Å². The van der Waals surface area contributed by atoms with Crippen LogP contribution in [0.1, 0.15) is 25.8 Å². The maximum Gasteiger partial charge on any atom is 0.319 e. The van der Waals surface area contributed by atoms with Gasteiger partial charge in [-0.15, -0.1) is 0 Å². The Labute approximate surface area is 128 Å². The first-order valence-electron chi connectivity index (χ1n) is 6.96. The Morgan fingerprint density at radius 1 is 1.36 bits per heavy atom. The van der Waals surface area contributed by atoms with Crippen molar-refractivity contribution < 1.29 is 14.5 Å². The summed E-state index contributed by atoms with van der Waals surface area (Å²) in [5.74, 6) is -0.284. The van der Waals surface area contributed by atoms with E-state index in [4.69, 9.17) is 0 Å². The largest absolute Gasteiger partial charge is 0.354 e. The highest BCUT2D eigenvalue weighted by molar-refractivity contribution is 5.94. The van der Waals surface area contributed by atoms with E-state index in [1.807, 2.05) is 6.92 Å². The van der Waals surface area contributed by atoms with Crippen molar-refractivity contribution in [1.82, 2.24) is 10.6 Å². The summed E-state index contributed by atoms with van der Waals surface area (Å²) in [7, 11) is 0. The number of nitro benzene ring substituents is 1. The highest BCUT2D eigenvalue weighted by Crippen LogP contribution is 2.24.